The first-order chi connectivity index (χ1) is 16.7. The second-order valence-electron chi connectivity index (χ2n) is 8.01. The van der Waals surface area contributed by atoms with E-state index in [0.29, 0.717) is 11.6 Å². The number of hydrogen-bond acceptors (Lipinski definition) is 6. The van der Waals surface area contributed by atoms with Crippen molar-refractivity contribution in [3.63, 3.8) is 0 Å². The third kappa shape index (κ3) is 6.92. The van der Waals surface area contributed by atoms with Crippen LogP contribution in [0.2, 0.25) is 5.02 Å². The third-order valence-corrected chi connectivity index (χ3v) is 5.14. The maximum Gasteiger partial charge on any atom is 0.354 e. The number of amides is 1. The fourth-order valence-corrected chi connectivity index (χ4v) is 3.41. The predicted octanol–water partition coefficient (Wildman–Crippen LogP) is 3.30. The maximum absolute atomic E-state index is 14.5. The summed E-state index contributed by atoms with van der Waals surface area (Å²) in [6.07, 6.45) is -0.262. The molecule has 0 saturated carbocycles. The van der Waals surface area contributed by atoms with Crippen LogP contribution < -0.4 is 26.7 Å². The molecule has 0 aliphatic carbocycles. The van der Waals surface area contributed by atoms with E-state index in [9.17, 15) is 18.8 Å². The SMILES string of the molecule is CCNC(=O)CCn1c(=O)nc(Nc2ccc(OC(C)C)c(F)c2)n(Cc2ccc(Cl)cc2)c1=O. The molecule has 11 heteroatoms. The molecule has 0 bridgehead atoms. The molecule has 0 aliphatic rings. The molecule has 9 nitrogen and oxygen atoms in total. The second kappa shape index (κ2) is 11.7. The molecular formula is C24H27ClFN5O4. The fraction of sp³-hybridized carbons (Fsp3) is 0.333. The molecule has 1 aromatic heterocycles. The normalized spacial score (nSPS) is 10.9. The number of carbonyl (C=O) groups is 1. The molecular weight excluding hydrogens is 477 g/mol. The van der Waals surface area contributed by atoms with Gasteiger partial charge in [0, 0.05) is 36.3 Å². The average molecular weight is 504 g/mol. The Labute approximate surface area is 206 Å². The summed E-state index contributed by atoms with van der Waals surface area (Å²) in [7, 11) is 0. The Morgan fingerprint density at radius 3 is 2.49 bits per heavy atom. The molecule has 0 atom stereocenters. The highest BCUT2D eigenvalue weighted by atomic mass is 35.5. The van der Waals surface area contributed by atoms with Crippen LogP contribution in [0.3, 0.4) is 0 Å². The van der Waals surface area contributed by atoms with Crippen LogP contribution in [0.25, 0.3) is 0 Å². The van der Waals surface area contributed by atoms with E-state index < -0.39 is 17.2 Å². The summed E-state index contributed by atoms with van der Waals surface area (Å²) in [5, 5.41) is 6.01. The van der Waals surface area contributed by atoms with Gasteiger partial charge in [0.1, 0.15) is 0 Å². The standard InChI is InChI=1S/C24H27ClFN5O4/c1-4-27-21(32)11-12-30-23(33)29-22(28-18-9-10-20(19(26)13-18)35-15(2)3)31(24(30)34)14-16-5-7-17(25)8-6-16/h5-10,13,15H,4,11-12,14H2,1-3H3,(H,27,32)(H,28,29,33). The summed E-state index contributed by atoms with van der Waals surface area (Å²) >= 11 is 5.96. The van der Waals surface area contributed by atoms with Gasteiger partial charge < -0.3 is 15.4 Å². The number of carbonyl (C=O) groups excluding carboxylic acids is 1. The highest BCUT2D eigenvalue weighted by molar-refractivity contribution is 6.30. The average Bonchev–Trinajstić information content (AvgIpc) is 2.79. The Bertz CT molecular complexity index is 1300. The smallest absolute Gasteiger partial charge is 0.354 e. The lowest BCUT2D eigenvalue weighted by atomic mass is 10.2. The first-order valence-electron chi connectivity index (χ1n) is 11.1. The van der Waals surface area contributed by atoms with Crippen molar-refractivity contribution in [3.05, 3.63) is 79.8 Å². The minimum atomic E-state index is -0.825. The van der Waals surface area contributed by atoms with Crippen molar-refractivity contribution in [2.75, 3.05) is 11.9 Å². The summed E-state index contributed by atoms with van der Waals surface area (Å²) in [5.74, 6) is -0.881. The molecule has 2 aromatic carbocycles. The maximum atomic E-state index is 14.5. The second-order valence-corrected chi connectivity index (χ2v) is 8.44. The number of halogens is 2. The van der Waals surface area contributed by atoms with Crippen molar-refractivity contribution in [3.8, 4) is 5.75 Å². The number of benzene rings is 2. The van der Waals surface area contributed by atoms with Gasteiger partial charge in [-0.3, -0.25) is 9.36 Å². The Kier molecular flexibility index (Phi) is 8.64. The predicted molar refractivity (Wildman–Crippen MR) is 132 cm³/mol. The molecule has 0 saturated heterocycles. The van der Waals surface area contributed by atoms with Crippen LogP contribution in [0.5, 0.6) is 5.75 Å². The molecule has 35 heavy (non-hydrogen) atoms. The third-order valence-electron chi connectivity index (χ3n) is 4.89. The van der Waals surface area contributed by atoms with Gasteiger partial charge in [-0.15, -0.1) is 0 Å². The van der Waals surface area contributed by atoms with E-state index in [1.807, 2.05) is 0 Å². The van der Waals surface area contributed by atoms with E-state index >= 15 is 0 Å². The number of aromatic nitrogens is 3. The lowest BCUT2D eigenvalue weighted by Gasteiger charge is -2.16. The van der Waals surface area contributed by atoms with Gasteiger partial charge in [0.2, 0.25) is 11.9 Å². The topological polar surface area (TPSA) is 107 Å². The summed E-state index contributed by atoms with van der Waals surface area (Å²) in [4.78, 5) is 41.8. The van der Waals surface area contributed by atoms with Crippen molar-refractivity contribution in [2.45, 2.75) is 46.4 Å². The number of rotatable bonds is 10. The molecule has 0 radical (unpaired) electrons. The van der Waals surface area contributed by atoms with Crippen molar-refractivity contribution in [1.29, 1.82) is 0 Å². The van der Waals surface area contributed by atoms with Gasteiger partial charge in [0.05, 0.1) is 12.6 Å². The van der Waals surface area contributed by atoms with Crippen LogP contribution in [0.1, 0.15) is 32.8 Å². The van der Waals surface area contributed by atoms with Gasteiger partial charge in [-0.1, -0.05) is 23.7 Å². The summed E-state index contributed by atoms with van der Waals surface area (Å²) in [5.41, 5.74) is -0.488. The molecule has 2 N–H and O–H groups in total. The van der Waals surface area contributed by atoms with Gasteiger partial charge in [0.25, 0.3) is 0 Å². The van der Waals surface area contributed by atoms with Gasteiger partial charge >= 0.3 is 11.4 Å². The van der Waals surface area contributed by atoms with E-state index in [-0.39, 0.29) is 48.9 Å². The first kappa shape index (κ1) is 26.0. The number of anilines is 2. The molecule has 0 spiro atoms. The minimum absolute atomic E-state index is 0.0547. The number of nitrogens with zero attached hydrogens (tertiary/aromatic N) is 3. The quantitative estimate of drug-likeness (QED) is 0.439. The molecule has 0 aliphatic heterocycles. The fourth-order valence-electron chi connectivity index (χ4n) is 3.29. The van der Waals surface area contributed by atoms with Crippen molar-refractivity contribution >= 4 is 29.1 Å². The van der Waals surface area contributed by atoms with Crippen LogP contribution in [0.4, 0.5) is 16.0 Å². The van der Waals surface area contributed by atoms with Crippen LogP contribution in [-0.2, 0) is 17.9 Å². The van der Waals surface area contributed by atoms with E-state index in [1.165, 1.54) is 16.7 Å². The monoisotopic (exact) mass is 503 g/mol. The number of nitrogens with one attached hydrogen (secondary N) is 2. The number of hydrogen-bond donors (Lipinski definition) is 2. The molecule has 3 rings (SSSR count). The van der Waals surface area contributed by atoms with Gasteiger partial charge in [-0.2, -0.15) is 4.98 Å². The Hall–Kier alpha value is -3.66. The van der Waals surface area contributed by atoms with E-state index in [1.54, 1.807) is 51.1 Å². The molecule has 0 fully saturated rings. The van der Waals surface area contributed by atoms with Crippen molar-refractivity contribution in [2.24, 2.45) is 0 Å². The summed E-state index contributed by atoms with van der Waals surface area (Å²) < 4.78 is 22.0. The molecule has 1 heterocycles. The summed E-state index contributed by atoms with van der Waals surface area (Å²) in [6, 6.07) is 11.0. The highest BCUT2D eigenvalue weighted by Gasteiger charge is 2.16. The zero-order chi connectivity index (χ0) is 25.5. The zero-order valence-electron chi connectivity index (χ0n) is 19.7. The van der Waals surface area contributed by atoms with Crippen LogP contribution in [0.15, 0.2) is 52.1 Å². The molecule has 3 aromatic rings. The molecule has 1 amide bonds. The van der Waals surface area contributed by atoms with E-state index in [2.05, 4.69) is 15.6 Å². The lowest BCUT2D eigenvalue weighted by molar-refractivity contribution is -0.121. The molecule has 0 unspecified atom stereocenters. The summed E-state index contributed by atoms with van der Waals surface area (Å²) in [6.45, 7) is 5.71. The van der Waals surface area contributed by atoms with Gasteiger partial charge in [0.15, 0.2) is 11.6 Å². The lowest BCUT2D eigenvalue weighted by Crippen LogP contribution is -2.43. The van der Waals surface area contributed by atoms with Crippen molar-refractivity contribution < 1.29 is 13.9 Å². The first-order valence-corrected chi connectivity index (χ1v) is 11.5. The van der Waals surface area contributed by atoms with Gasteiger partial charge in [-0.05, 0) is 50.6 Å². The zero-order valence-corrected chi connectivity index (χ0v) is 20.4. The Balaban J connectivity index is 1.99. The molecule has 186 valence electrons. The van der Waals surface area contributed by atoms with Crippen LogP contribution in [-0.4, -0.2) is 32.7 Å². The number of ether oxygens (including phenoxy) is 1. The van der Waals surface area contributed by atoms with Crippen LogP contribution >= 0.6 is 11.6 Å². The Morgan fingerprint density at radius 1 is 1.14 bits per heavy atom. The largest absolute Gasteiger partial charge is 0.488 e. The van der Waals surface area contributed by atoms with Crippen molar-refractivity contribution in [1.82, 2.24) is 19.4 Å². The minimum Gasteiger partial charge on any atom is -0.488 e. The highest BCUT2D eigenvalue weighted by Crippen LogP contribution is 2.24. The Morgan fingerprint density at radius 2 is 1.86 bits per heavy atom. The van der Waals surface area contributed by atoms with E-state index in [4.69, 9.17) is 16.3 Å². The van der Waals surface area contributed by atoms with E-state index in [0.717, 1.165) is 10.1 Å². The van der Waals surface area contributed by atoms with Crippen LogP contribution in [0, 0.1) is 5.82 Å². The van der Waals surface area contributed by atoms with Gasteiger partial charge in [-0.25, -0.2) is 18.5 Å².